The molecule has 2 N–H and O–H groups in total. The van der Waals surface area contributed by atoms with E-state index in [1.165, 1.54) is 47.9 Å². The zero-order chi connectivity index (χ0) is 25.1. The molecular weight excluding hydrogens is 485 g/mol. The van der Waals surface area contributed by atoms with Gasteiger partial charge in [-0.2, -0.15) is 0 Å². The van der Waals surface area contributed by atoms with Gasteiger partial charge in [-0.1, -0.05) is 31.4 Å². The Kier molecular flexibility index (Phi) is 5.29. The second-order valence-electron chi connectivity index (χ2n) is 10.0. The molecule has 0 spiro atoms. The molecule has 7 rings (SSSR count). The summed E-state index contributed by atoms with van der Waals surface area (Å²) in [5.41, 5.74) is 7.66. The third-order valence-corrected chi connectivity index (χ3v) is 9.06. The summed E-state index contributed by atoms with van der Waals surface area (Å²) in [6.07, 6.45) is 5.95. The van der Waals surface area contributed by atoms with Crippen molar-refractivity contribution in [3.8, 4) is 22.5 Å². The van der Waals surface area contributed by atoms with Crippen LogP contribution in [-0.2, 0) is 6.54 Å². The first-order valence-electron chi connectivity index (χ1n) is 12.9. The molecule has 0 atom stereocenters. The number of nitrogens with zero attached hydrogens (tertiary/aromatic N) is 2. The van der Waals surface area contributed by atoms with Gasteiger partial charge in [-0.05, 0) is 66.8 Å². The number of carboxylic acids is 1. The topological polar surface area (TPSA) is 67.2 Å². The third kappa shape index (κ3) is 3.55. The van der Waals surface area contributed by atoms with E-state index in [2.05, 4.69) is 16.0 Å². The van der Waals surface area contributed by atoms with Gasteiger partial charge in [0.2, 0.25) is 0 Å². The van der Waals surface area contributed by atoms with E-state index < -0.39 is 5.97 Å². The van der Waals surface area contributed by atoms with Crippen molar-refractivity contribution in [2.75, 3.05) is 11.9 Å². The highest BCUT2D eigenvalue weighted by Gasteiger charge is 2.31. The lowest BCUT2D eigenvalue weighted by molar-refractivity contribution is 0.0702. The van der Waals surface area contributed by atoms with Gasteiger partial charge in [0.15, 0.2) is 0 Å². The molecule has 0 saturated heterocycles. The van der Waals surface area contributed by atoms with Gasteiger partial charge < -0.3 is 15.0 Å². The van der Waals surface area contributed by atoms with Gasteiger partial charge >= 0.3 is 5.97 Å². The predicted molar refractivity (Wildman–Crippen MR) is 147 cm³/mol. The summed E-state index contributed by atoms with van der Waals surface area (Å²) in [5, 5.41) is 14.4. The van der Waals surface area contributed by atoms with Crippen molar-refractivity contribution in [2.45, 2.75) is 44.6 Å². The number of benzene rings is 2. The highest BCUT2D eigenvalue weighted by atomic mass is 32.1. The Balaban J connectivity index is 1.45. The van der Waals surface area contributed by atoms with Crippen LogP contribution in [0.2, 0.25) is 0 Å². The van der Waals surface area contributed by atoms with Crippen LogP contribution in [0.25, 0.3) is 43.6 Å². The lowest BCUT2D eigenvalue weighted by atomic mass is 9.83. The Labute approximate surface area is 217 Å². The van der Waals surface area contributed by atoms with Crippen molar-refractivity contribution in [3.05, 3.63) is 70.9 Å². The number of hydrogen-bond acceptors (Lipinski definition) is 4. The third-order valence-electron chi connectivity index (χ3n) is 7.91. The molecule has 0 unspecified atom stereocenters. The van der Waals surface area contributed by atoms with Crippen LogP contribution in [0.4, 0.5) is 10.1 Å². The number of carboxylic acid groups (broad SMARTS) is 1. The number of carbonyl (C=O) groups is 1. The van der Waals surface area contributed by atoms with E-state index in [9.17, 15) is 14.3 Å². The van der Waals surface area contributed by atoms with Crippen LogP contribution in [0.1, 0.15) is 53.3 Å². The van der Waals surface area contributed by atoms with E-state index in [0.717, 1.165) is 58.3 Å². The summed E-state index contributed by atoms with van der Waals surface area (Å²) < 4.78 is 17.9. The molecule has 1 aliphatic heterocycles. The molecule has 0 amide bonds. The summed E-state index contributed by atoms with van der Waals surface area (Å²) in [7, 11) is 0. The van der Waals surface area contributed by atoms with Crippen LogP contribution in [0.15, 0.2) is 54.6 Å². The average Bonchev–Trinajstić information content (AvgIpc) is 3.41. The highest BCUT2D eigenvalue weighted by molar-refractivity contribution is 7.21. The van der Waals surface area contributed by atoms with Crippen molar-refractivity contribution in [1.29, 1.82) is 0 Å². The molecule has 186 valence electrons. The first-order valence-corrected chi connectivity index (χ1v) is 13.7. The lowest BCUT2D eigenvalue weighted by Gasteiger charge is -2.23. The molecule has 5 nitrogen and oxygen atoms in total. The second kappa shape index (κ2) is 8.70. The molecule has 4 heterocycles. The Morgan fingerprint density at radius 3 is 2.70 bits per heavy atom. The number of fused-ring (bicyclic) bond motifs is 7. The Morgan fingerprint density at radius 1 is 1.05 bits per heavy atom. The molecule has 37 heavy (non-hydrogen) atoms. The van der Waals surface area contributed by atoms with Crippen molar-refractivity contribution in [2.24, 2.45) is 0 Å². The summed E-state index contributed by atoms with van der Waals surface area (Å²) in [6.45, 7) is 1.48. The molecular formula is C30H26FN3O2S. The first kappa shape index (κ1) is 22.5. The maximum absolute atomic E-state index is 14.4. The van der Waals surface area contributed by atoms with Crippen molar-refractivity contribution in [1.82, 2.24) is 9.55 Å². The van der Waals surface area contributed by atoms with E-state index in [1.807, 2.05) is 30.3 Å². The van der Waals surface area contributed by atoms with Gasteiger partial charge in [0.25, 0.3) is 0 Å². The lowest BCUT2D eigenvalue weighted by Crippen LogP contribution is -2.08. The molecule has 2 aliphatic rings. The van der Waals surface area contributed by atoms with Gasteiger partial charge in [-0.25, -0.2) is 14.2 Å². The maximum atomic E-state index is 14.4. The zero-order valence-electron chi connectivity index (χ0n) is 20.3. The Bertz CT molecular complexity index is 1700. The number of aromatic carboxylic acids is 1. The fraction of sp³-hybridized carbons (Fsp3) is 0.267. The minimum absolute atomic E-state index is 0.280. The predicted octanol–water partition coefficient (Wildman–Crippen LogP) is 7.90. The minimum atomic E-state index is -0.861. The fourth-order valence-electron chi connectivity index (χ4n) is 6.25. The second-order valence-corrected chi connectivity index (χ2v) is 11.1. The number of nitrogens with one attached hydrogen (secondary N) is 1. The normalized spacial score (nSPS) is 15.8. The number of hydrogen-bond donors (Lipinski definition) is 2. The molecule has 2 aromatic carbocycles. The monoisotopic (exact) mass is 511 g/mol. The quantitative estimate of drug-likeness (QED) is 0.258. The van der Waals surface area contributed by atoms with Gasteiger partial charge in [-0.3, -0.25) is 0 Å². The SMILES string of the molecule is O=C(O)c1cc2c(s1)c(C1CCCCC1)c1n2CCNc2c-1ccc1nc(-c3ccccc3F)ccc21. The molecule has 0 radical (unpaired) electrons. The van der Waals surface area contributed by atoms with Gasteiger partial charge in [0.1, 0.15) is 10.7 Å². The Hall–Kier alpha value is -3.71. The summed E-state index contributed by atoms with van der Waals surface area (Å²) >= 11 is 1.42. The number of halogens is 1. The summed E-state index contributed by atoms with van der Waals surface area (Å²) in [5.74, 6) is -0.714. The van der Waals surface area contributed by atoms with E-state index >= 15 is 0 Å². The van der Waals surface area contributed by atoms with E-state index in [0.29, 0.717) is 22.1 Å². The largest absolute Gasteiger partial charge is 0.477 e. The van der Waals surface area contributed by atoms with Crippen molar-refractivity contribution >= 4 is 44.1 Å². The van der Waals surface area contributed by atoms with Gasteiger partial charge in [0, 0.05) is 29.6 Å². The number of anilines is 1. The Morgan fingerprint density at radius 2 is 1.89 bits per heavy atom. The highest BCUT2D eigenvalue weighted by Crippen LogP contribution is 2.49. The van der Waals surface area contributed by atoms with E-state index in [-0.39, 0.29) is 5.82 Å². The van der Waals surface area contributed by atoms with Gasteiger partial charge in [0.05, 0.1) is 32.8 Å². The smallest absolute Gasteiger partial charge is 0.345 e. The van der Waals surface area contributed by atoms with Crippen molar-refractivity contribution < 1.29 is 14.3 Å². The maximum Gasteiger partial charge on any atom is 0.345 e. The van der Waals surface area contributed by atoms with Crippen LogP contribution >= 0.6 is 11.3 Å². The standard InChI is InChI=1S/C30H26FN3O2S/c31-21-9-5-4-8-18(21)22-12-10-19-23(33-22)13-11-20-27(19)32-14-15-34-24-16-25(30(35)36)37-29(24)26(28(20)34)17-6-2-1-3-7-17/h4-5,8-13,16-17,32H,1-3,6-7,14-15H2,(H,35,36). The minimum Gasteiger partial charge on any atom is -0.477 e. The number of aromatic nitrogens is 2. The zero-order valence-corrected chi connectivity index (χ0v) is 21.1. The van der Waals surface area contributed by atoms with Crippen LogP contribution in [0, 0.1) is 5.82 Å². The summed E-state index contributed by atoms with van der Waals surface area (Å²) in [6, 6.07) is 16.7. The average molecular weight is 512 g/mol. The van der Waals surface area contributed by atoms with Crippen LogP contribution in [0.5, 0.6) is 0 Å². The molecule has 1 aliphatic carbocycles. The molecule has 5 aromatic rings. The van der Waals surface area contributed by atoms with Crippen molar-refractivity contribution in [3.63, 3.8) is 0 Å². The molecule has 1 fully saturated rings. The molecule has 3 aromatic heterocycles. The molecule has 0 bridgehead atoms. The number of pyridine rings is 1. The number of thiophene rings is 1. The van der Waals surface area contributed by atoms with E-state index in [4.69, 9.17) is 4.98 Å². The fourth-order valence-corrected chi connectivity index (χ4v) is 7.37. The molecule has 1 saturated carbocycles. The van der Waals surface area contributed by atoms with Gasteiger partial charge in [-0.15, -0.1) is 11.3 Å². The first-order chi connectivity index (χ1) is 18.1. The summed E-state index contributed by atoms with van der Waals surface area (Å²) in [4.78, 5) is 17.1. The van der Waals surface area contributed by atoms with E-state index in [1.54, 1.807) is 12.1 Å². The van der Waals surface area contributed by atoms with Crippen LogP contribution in [0.3, 0.4) is 0 Å². The van der Waals surface area contributed by atoms with Crippen LogP contribution < -0.4 is 5.32 Å². The molecule has 7 heteroatoms. The number of rotatable bonds is 3. The van der Waals surface area contributed by atoms with Crippen LogP contribution in [-0.4, -0.2) is 27.2 Å².